The van der Waals surface area contributed by atoms with Gasteiger partial charge in [-0.25, -0.2) is 4.68 Å². The van der Waals surface area contributed by atoms with Crippen molar-refractivity contribution in [2.75, 3.05) is 5.73 Å². The van der Waals surface area contributed by atoms with E-state index in [4.69, 9.17) is 5.73 Å². The van der Waals surface area contributed by atoms with E-state index in [0.717, 1.165) is 29.5 Å². The molecule has 1 aromatic heterocycles. The molecule has 0 radical (unpaired) electrons. The van der Waals surface area contributed by atoms with Gasteiger partial charge in [-0.05, 0) is 47.2 Å². The number of anilines is 1. The minimum atomic E-state index is 0.682. The second kappa shape index (κ2) is 5.61. The van der Waals surface area contributed by atoms with E-state index in [1.165, 1.54) is 25.7 Å². The van der Waals surface area contributed by atoms with Gasteiger partial charge >= 0.3 is 0 Å². The van der Waals surface area contributed by atoms with Gasteiger partial charge in [0.25, 0.3) is 0 Å². The van der Waals surface area contributed by atoms with Crippen LogP contribution in [0.5, 0.6) is 0 Å². The van der Waals surface area contributed by atoms with Crippen molar-refractivity contribution in [3.8, 4) is 11.4 Å². The highest BCUT2D eigenvalue weighted by molar-refractivity contribution is 5.60. The Kier molecular flexibility index (Phi) is 3.67. The summed E-state index contributed by atoms with van der Waals surface area (Å²) in [4.78, 5) is 0. The minimum absolute atomic E-state index is 0.682. The third kappa shape index (κ3) is 2.81. The first kappa shape index (κ1) is 13.1. The molecule has 1 aliphatic carbocycles. The molecule has 0 aliphatic heterocycles. The molecule has 20 heavy (non-hydrogen) atoms. The average Bonchev–Trinajstić information content (AvgIpc) is 2.87. The van der Waals surface area contributed by atoms with Crippen molar-refractivity contribution in [3.05, 3.63) is 24.3 Å². The molecule has 2 aromatic rings. The van der Waals surface area contributed by atoms with E-state index in [-0.39, 0.29) is 0 Å². The zero-order chi connectivity index (χ0) is 13.9. The van der Waals surface area contributed by atoms with Crippen LogP contribution in [0.15, 0.2) is 24.3 Å². The lowest BCUT2D eigenvalue weighted by Gasteiger charge is -2.26. The van der Waals surface area contributed by atoms with Crippen LogP contribution in [0.1, 0.15) is 32.6 Å². The van der Waals surface area contributed by atoms with Gasteiger partial charge in [0.15, 0.2) is 5.82 Å². The molecule has 106 valence electrons. The fourth-order valence-electron chi connectivity index (χ4n) is 3.18. The average molecular weight is 271 g/mol. The molecular formula is C15H21N5. The van der Waals surface area contributed by atoms with Gasteiger partial charge in [0.05, 0.1) is 0 Å². The third-order valence-corrected chi connectivity index (χ3v) is 4.15. The highest BCUT2D eigenvalue weighted by Gasteiger charge is 2.21. The Morgan fingerprint density at radius 2 is 2.25 bits per heavy atom. The van der Waals surface area contributed by atoms with E-state index in [0.29, 0.717) is 5.92 Å². The number of hydrogen-bond acceptors (Lipinski definition) is 4. The molecule has 0 spiro atoms. The molecule has 0 amide bonds. The quantitative estimate of drug-likeness (QED) is 0.871. The highest BCUT2D eigenvalue weighted by Crippen LogP contribution is 2.30. The lowest BCUT2D eigenvalue weighted by Crippen LogP contribution is -2.19. The Labute approximate surface area is 119 Å². The van der Waals surface area contributed by atoms with Gasteiger partial charge in [-0.3, -0.25) is 0 Å². The lowest BCUT2D eigenvalue weighted by atomic mass is 9.82. The fraction of sp³-hybridized carbons (Fsp3) is 0.533. The number of rotatable bonds is 3. The number of nitrogens with two attached hydrogens (primary N) is 1. The molecule has 2 atom stereocenters. The summed E-state index contributed by atoms with van der Waals surface area (Å²) in [6.45, 7) is 3.24. The molecule has 2 unspecified atom stereocenters. The first-order valence-electron chi connectivity index (χ1n) is 7.34. The SMILES string of the molecule is CC1CCCC(Cn2nnnc2-c2cccc(N)c2)C1. The van der Waals surface area contributed by atoms with Gasteiger partial charge in [0.1, 0.15) is 0 Å². The fourth-order valence-corrected chi connectivity index (χ4v) is 3.18. The maximum atomic E-state index is 5.84. The van der Waals surface area contributed by atoms with Crippen molar-refractivity contribution in [1.82, 2.24) is 20.2 Å². The highest BCUT2D eigenvalue weighted by atomic mass is 15.5. The molecule has 1 aliphatic rings. The summed E-state index contributed by atoms with van der Waals surface area (Å²) in [6, 6.07) is 7.74. The van der Waals surface area contributed by atoms with Crippen LogP contribution in [-0.4, -0.2) is 20.2 Å². The Morgan fingerprint density at radius 3 is 3.05 bits per heavy atom. The van der Waals surface area contributed by atoms with Gasteiger partial charge in [0.2, 0.25) is 0 Å². The molecular weight excluding hydrogens is 250 g/mol. The molecule has 1 heterocycles. The summed E-state index contributed by atoms with van der Waals surface area (Å²) in [5.41, 5.74) is 7.56. The van der Waals surface area contributed by atoms with Crippen LogP contribution in [0.4, 0.5) is 5.69 Å². The molecule has 1 saturated carbocycles. The number of hydrogen-bond donors (Lipinski definition) is 1. The molecule has 1 aromatic carbocycles. The van der Waals surface area contributed by atoms with Crippen LogP contribution in [0.2, 0.25) is 0 Å². The number of tetrazole rings is 1. The van der Waals surface area contributed by atoms with Crippen molar-refractivity contribution in [3.63, 3.8) is 0 Å². The van der Waals surface area contributed by atoms with Crippen LogP contribution in [0, 0.1) is 11.8 Å². The van der Waals surface area contributed by atoms with Crippen LogP contribution >= 0.6 is 0 Å². The van der Waals surface area contributed by atoms with E-state index in [9.17, 15) is 0 Å². The summed E-state index contributed by atoms with van der Waals surface area (Å²) in [6.07, 6.45) is 5.23. The third-order valence-electron chi connectivity index (χ3n) is 4.15. The number of benzene rings is 1. The van der Waals surface area contributed by atoms with Crippen LogP contribution < -0.4 is 5.73 Å². The van der Waals surface area contributed by atoms with Crippen molar-refractivity contribution in [2.45, 2.75) is 39.2 Å². The zero-order valence-corrected chi connectivity index (χ0v) is 11.9. The smallest absolute Gasteiger partial charge is 0.182 e. The van der Waals surface area contributed by atoms with Crippen molar-refractivity contribution in [2.24, 2.45) is 11.8 Å². The van der Waals surface area contributed by atoms with Gasteiger partial charge in [0, 0.05) is 17.8 Å². The zero-order valence-electron chi connectivity index (χ0n) is 11.9. The lowest BCUT2D eigenvalue weighted by molar-refractivity contribution is 0.249. The topological polar surface area (TPSA) is 69.6 Å². The van der Waals surface area contributed by atoms with Crippen LogP contribution in [0.3, 0.4) is 0 Å². The molecule has 0 saturated heterocycles. The number of nitrogen functional groups attached to an aromatic ring is 1. The van der Waals surface area contributed by atoms with Crippen LogP contribution in [-0.2, 0) is 6.54 Å². The molecule has 5 heteroatoms. The minimum Gasteiger partial charge on any atom is -0.399 e. The van der Waals surface area contributed by atoms with E-state index in [2.05, 4.69) is 22.4 Å². The van der Waals surface area contributed by atoms with Crippen molar-refractivity contribution in [1.29, 1.82) is 0 Å². The molecule has 5 nitrogen and oxygen atoms in total. The Balaban J connectivity index is 1.80. The maximum absolute atomic E-state index is 5.84. The summed E-state index contributed by atoms with van der Waals surface area (Å²) < 4.78 is 1.93. The Bertz CT molecular complexity index is 577. The standard InChI is InChI=1S/C15H21N5/c1-11-4-2-5-12(8-11)10-20-15(17-18-19-20)13-6-3-7-14(16)9-13/h3,6-7,9,11-12H,2,4-5,8,10,16H2,1H3. The summed E-state index contributed by atoms with van der Waals surface area (Å²) >= 11 is 0. The molecule has 3 rings (SSSR count). The second-order valence-electron chi connectivity index (χ2n) is 5.95. The molecule has 2 N–H and O–H groups in total. The monoisotopic (exact) mass is 271 g/mol. The van der Waals surface area contributed by atoms with Crippen molar-refractivity contribution < 1.29 is 0 Å². The first-order chi connectivity index (χ1) is 9.72. The second-order valence-corrected chi connectivity index (χ2v) is 5.95. The van der Waals surface area contributed by atoms with E-state index < -0.39 is 0 Å². The predicted molar refractivity (Wildman–Crippen MR) is 78.8 cm³/mol. The van der Waals surface area contributed by atoms with Crippen molar-refractivity contribution >= 4 is 5.69 Å². The normalized spacial score (nSPS) is 22.9. The summed E-state index contributed by atoms with van der Waals surface area (Å²) in [7, 11) is 0. The van der Waals surface area contributed by atoms with Gasteiger partial charge in [-0.1, -0.05) is 31.9 Å². The Morgan fingerprint density at radius 1 is 1.35 bits per heavy atom. The summed E-state index contributed by atoms with van der Waals surface area (Å²) in [5.74, 6) is 2.32. The summed E-state index contributed by atoms with van der Waals surface area (Å²) in [5, 5.41) is 12.1. The van der Waals surface area contributed by atoms with E-state index in [1.54, 1.807) is 0 Å². The van der Waals surface area contributed by atoms with Gasteiger partial charge in [-0.15, -0.1) is 5.10 Å². The predicted octanol–water partition coefficient (Wildman–Crippen LogP) is 2.75. The van der Waals surface area contributed by atoms with Gasteiger partial charge < -0.3 is 5.73 Å². The van der Waals surface area contributed by atoms with E-state index in [1.807, 2.05) is 28.9 Å². The Hall–Kier alpha value is -1.91. The molecule has 1 fully saturated rings. The maximum Gasteiger partial charge on any atom is 0.182 e. The van der Waals surface area contributed by atoms with E-state index >= 15 is 0 Å². The van der Waals surface area contributed by atoms with Crippen LogP contribution in [0.25, 0.3) is 11.4 Å². The first-order valence-corrected chi connectivity index (χ1v) is 7.34. The largest absolute Gasteiger partial charge is 0.399 e. The number of aromatic nitrogens is 4. The van der Waals surface area contributed by atoms with Gasteiger partial charge in [-0.2, -0.15) is 0 Å². The number of nitrogens with zero attached hydrogens (tertiary/aromatic N) is 4. The molecule has 0 bridgehead atoms.